The maximum atomic E-state index is 12.6. The van der Waals surface area contributed by atoms with Gasteiger partial charge in [-0.3, -0.25) is 4.79 Å². The van der Waals surface area contributed by atoms with Gasteiger partial charge < -0.3 is 10.6 Å². The minimum atomic E-state index is -0.180. The van der Waals surface area contributed by atoms with Gasteiger partial charge in [-0.05, 0) is 45.7 Å². The number of carbonyl (C=O) groups is 1. The number of hydrogen-bond donors (Lipinski definition) is 2. The maximum absolute atomic E-state index is 12.6. The molecule has 5 heteroatoms. The number of amides is 1. The summed E-state index contributed by atoms with van der Waals surface area (Å²) in [5.74, 6) is 0.413. The van der Waals surface area contributed by atoms with Gasteiger partial charge in [0.25, 0.3) is 0 Å². The lowest BCUT2D eigenvalue weighted by molar-refractivity contribution is -0.127. The molecule has 2 N–H and O–H groups in total. The Balaban J connectivity index is 1.75. The lowest BCUT2D eigenvalue weighted by atomic mass is 9.93. The Morgan fingerprint density at radius 2 is 2.10 bits per heavy atom. The largest absolute Gasteiger partial charge is 0.344 e. The molecular weight excluding hydrogens is 270 g/mol. The van der Waals surface area contributed by atoms with Crippen molar-refractivity contribution in [1.82, 2.24) is 15.6 Å². The molecule has 1 amide bonds. The first-order valence-corrected chi connectivity index (χ1v) is 8.53. The summed E-state index contributed by atoms with van der Waals surface area (Å²) in [5.41, 5.74) is 0.883. The van der Waals surface area contributed by atoms with E-state index in [0.717, 1.165) is 49.5 Å². The highest BCUT2D eigenvalue weighted by Crippen LogP contribution is 2.40. The quantitative estimate of drug-likeness (QED) is 0.899. The van der Waals surface area contributed by atoms with Gasteiger partial charge in [-0.15, -0.1) is 11.3 Å². The fourth-order valence-electron chi connectivity index (χ4n) is 3.37. The predicted molar refractivity (Wildman–Crippen MR) is 80.7 cm³/mol. The highest BCUT2D eigenvalue weighted by Gasteiger charge is 2.40. The molecule has 4 nitrogen and oxygen atoms in total. The SMILES string of the molecule is Cc1csc(C2(NC(=O)C3CCNCC3)CCCC2)n1. The number of piperidine rings is 1. The Labute approximate surface area is 124 Å². The summed E-state index contributed by atoms with van der Waals surface area (Å²) in [6.07, 6.45) is 6.36. The average Bonchev–Trinajstić information content (AvgIpc) is 3.10. The Kier molecular flexibility index (Phi) is 4.08. The lowest BCUT2D eigenvalue weighted by Gasteiger charge is -2.31. The molecular formula is C15H23N3OS. The average molecular weight is 293 g/mol. The summed E-state index contributed by atoms with van der Waals surface area (Å²) in [6, 6.07) is 0. The molecule has 1 aliphatic carbocycles. The second kappa shape index (κ2) is 5.82. The highest BCUT2D eigenvalue weighted by atomic mass is 32.1. The molecule has 0 aromatic carbocycles. The van der Waals surface area contributed by atoms with Crippen LogP contribution in [0.4, 0.5) is 0 Å². The van der Waals surface area contributed by atoms with Gasteiger partial charge in [0.05, 0.1) is 5.54 Å². The smallest absolute Gasteiger partial charge is 0.223 e. The molecule has 1 saturated heterocycles. The van der Waals surface area contributed by atoms with Crippen LogP contribution < -0.4 is 10.6 Å². The number of aryl methyl sites for hydroxylation is 1. The Morgan fingerprint density at radius 3 is 2.70 bits per heavy atom. The van der Waals surface area contributed by atoms with Gasteiger partial charge in [-0.1, -0.05) is 12.8 Å². The van der Waals surface area contributed by atoms with E-state index < -0.39 is 0 Å². The molecule has 0 atom stereocenters. The monoisotopic (exact) mass is 293 g/mol. The number of aromatic nitrogens is 1. The van der Waals surface area contributed by atoms with Crippen molar-refractivity contribution in [1.29, 1.82) is 0 Å². The molecule has 3 rings (SSSR count). The third-order valence-corrected chi connectivity index (χ3v) is 5.72. The minimum absolute atomic E-state index is 0.176. The van der Waals surface area contributed by atoms with Crippen LogP contribution in [0, 0.1) is 12.8 Å². The molecule has 110 valence electrons. The molecule has 0 radical (unpaired) electrons. The third kappa shape index (κ3) is 2.74. The van der Waals surface area contributed by atoms with Gasteiger partial charge in [-0.2, -0.15) is 0 Å². The van der Waals surface area contributed by atoms with Gasteiger partial charge in [0.1, 0.15) is 5.01 Å². The van der Waals surface area contributed by atoms with Crippen LogP contribution in [0.1, 0.15) is 49.2 Å². The van der Waals surface area contributed by atoms with Gasteiger partial charge in [-0.25, -0.2) is 4.98 Å². The molecule has 2 fully saturated rings. The van der Waals surface area contributed by atoms with Crippen LogP contribution in [-0.4, -0.2) is 24.0 Å². The van der Waals surface area contributed by atoms with Crippen LogP contribution in [0.15, 0.2) is 5.38 Å². The topological polar surface area (TPSA) is 54.0 Å². The van der Waals surface area contributed by atoms with E-state index in [-0.39, 0.29) is 17.4 Å². The number of hydrogen-bond acceptors (Lipinski definition) is 4. The molecule has 1 aromatic heterocycles. The summed E-state index contributed by atoms with van der Waals surface area (Å²) in [7, 11) is 0. The second-order valence-corrected chi connectivity index (χ2v) is 6.95. The van der Waals surface area contributed by atoms with Crippen molar-refractivity contribution in [3.8, 4) is 0 Å². The molecule has 0 spiro atoms. The maximum Gasteiger partial charge on any atom is 0.223 e. The number of rotatable bonds is 3. The number of thiazole rings is 1. The Bertz CT molecular complexity index is 473. The molecule has 1 aromatic rings. The van der Waals surface area contributed by atoms with Crippen LogP contribution in [0.2, 0.25) is 0 Å². The Hall–Kier alpha value is -0.940. The zero-order chi connectivity index (χ0) is 14.0. The predicted octanol–water partition coefficient (Wildman–Crippen LogP) is 2.34. The first-order chi connectivity index (χ1) is 9.70. The van der Waals surface area contributed by atoms with Crippen LogP contribution in [-0.2, 0) is 10.3 Å². The first kappa shape index (κ1) is 14.0. The van der Waals surface area contributed by atoms with Crippen molar-refractivity contribution in [2.24, 2.45) is 5.92 Å². The highest BCUT2D eigenvalue weighted by molar-refractivity contribution is 7.09. The number of nitrogens with one attached hydrogen (secondary N) is 2. The van der Waals surface area contributed by atoms with Gasteiger partial charge in [0, 0.05) is 17.0 Å². The second-order valence-electron chi connectivity index (χ2n) is 6.10. The van der Waals surface area contributed by atoms with E-state index >= 15 is 0 Å². The van der Waals surface area contributed by atoms with Crippen molar-refractivity contribution < 1.29 is 4.79 Å². The molecule has 2 aliphatic rings. The van der Waals surface area contributed by atoms with Crippen molar-refractivity contribution in [2.45, 2.75) is 51.0 Å². The van der Waals surface area contributed by atoms with Crippen molar-refractivity contribution in [3.63, 3.8) is 0 Å². The Morgan fingerprint density at radius 1 is 1.40 bits per heavy atom. The fourth-order valence-corrected chi connectivity index (χ4v) is 4.38. The van der Waals surface area contributed by atoms with Gasteiger partial charge in [0.2, 0.25) is 5.91 Å². The van der Waals surface area contributed by atoms with Crippen LogP contribution in [0.25, 0.3) is 0 Å². The van der Waals surface area contributed by atoms with Crippen LogP contribution in [0.5, 0.6) is 0 Å². The van der Waals surface area contributed by atoms with E-state index in [1.165, 1.54) is 12.8 Å². The fraction of sp³-hybridized carbons (Fsp3) is 0.733. The van der Waals surface area contributed by atoms with Crippen molar-refractivity contribution >= 4 is 17.2 Å². The molecule has 1 aliphatic heterocycles. The van der Waals surface area contributed by atoms with Crippen LogP contribution >= 0.6 is 11.3 Å². The first-order valence-electron chi connectivity index (χ1n) is 7.65. The molecule has 20 heavy (non-hydrogen) atoms. The summed E-state index contributed by atoms with van der Waals surface area (Å²) >= 11 is 1.70. The zero-order valence-electron chi connectivity index (χ0n) is 12.1. The van der Waals surface area contributed by atoms with Crippen LogP contribution in [0.3, 0.4) is 0 Å². The standard InChI is InChI=1S/C15H23N3OS/c1-11-10-20-14(17-11)15(6-2-3-7-15)18-13(19)12-4-8-16-9-5-12/h10,12,16H,2-9H2,1H3,(H,18,19). The van der Waals surface area contributed by atoms with E-state index in [9.17, 15) is 4.79 Å². The molecule has 2 heterocycles. The lowest BCUT2D eigenvalue weighted by Crippen LogP contribution is -2.48. The zero-order valence-corrected chi connectivity index (χ0v) is 12.9. The molecule has 0 bridgehead atoms. The van der Waals surface area contributed by atoms with Crippen molar-refractivity contribution in [2.75, 3.05) is 13.1 Å². The van der Waals surface area contributed by atoms with Gasteiger partial charge >= 0.3 is 0 Å². The number of carbonyl (C=O) groups excluding carboxylic acids is 1. The van der Waals surface area contributed by atoms with E-state index in [1.807, 2.05) is 6.92 Å². The summed E-state index contributed by atoms with van der Waals surface area (Å²) < 4.78 is 0. The van der Waals surface area contributed by atoms with E-state index in [1.54, 1.807) is 11.3 Å². The summed E-state index contributed by atoms with van der Waals surface area (Å²) in [5, 5.41) is 9.89. The summed E-state index contributed by atoms with van der Waals surface area (Å²) in [4.78, 5) is 17.2. The normalized spacial score (nSPS) is 22.9. The molecule has 1 saturated carbocycles. The van der Waals surface area contributed by atoms with E-state index in [4.69, 9.17) is 0 Å². The van der Waals surface area contributed by atoms with E-state index in [2.05, 4.69) is 21.0 Å². The third-order valence-electron chi connectivity index (χ3n) is 4.56. The van der Waals surface area contributed by atoms with Gasteiger partial charge in [0.15, 0.2) is 0 Å². The number of nitrogens with zero attached hydrogens (tertiary/aromatic N) is 1. The summed E-state index contributed by atoms with van der Waals surface area (Å²) in [6.45, 7) is 3.94. The minimum Gasteiger partial charge on any atom is -0.344 e. The van der Waals surface area contributed by atoms with Crippen molar-refractivity contribution in [3.05, 3.63) is 16.1 Å². The van der Waals surface area contributed by atoms with E-state index in [0.29, 0.717) is 0 Å². The molecule has 0 unspecified atom stereocenters.